The summed E-state index contributed by atoms with van der Waals surface area (Å²) in [7, 11) is 0. The van der Waals surface area contributed by atoms with E-state index in [4.69, 9.17) is 10.8 Å². The van der Waals surface area contributed by atoms with Crippen LogP contribution in [0.4, 0.5) is 0 Å². The Morgan fingerprint density at radius 2 is 2.05 bits per heavy atom. The van der Waals surface area contributed by atoms with Crippen LogP contribution in [0.2, 0.25) is 0 Å². The average Bonchev–Trinajstić information content (AvgIpc) is 2.49. The van der Waals surface area contributed by atoms with E-state index in [2.05, 4.69) is 5.32 Å². The zero-order valence-corrected chi connectivity index (χ0v) is 12.6. The maximum atomic E-state index is 11.8. The molecule has 0 heterocycles. The van der Waals surface area contributed by atoms with Gasteiger partial charge in [0.15, 0.2) is 0 Å². The van der Waals surface area contributed by atoms with Gasteiger partial charge in [0.25, 0.3) is 0 Å². The first-order valence-corrected chi connectivity index (χ1v) is 8.15. The third-order valence-electron chi connectivity index (χ3n) is 2.92. The van der Waals surface area contributed by atoms with Gasteiger partial charge in [-0.2, -0.15) is 11.8 Å². The number of nitrogens with two attached hydrogens (primary N) is 1. The van der Waals surface area contributed by atoms with E-state index in [1.165, 1.54) is 5.56 Å². The minimum atomic E-state index is -0.447. The molecule has 0 spiro atoms. The van der Waals surface area contributed by atoms with Crippen molar-refractivity contribution in [3.05, 3.63) is 35.9 Å². The molecule has 1 aromatic carbocycles. The summed E-state index contributed by atoms with van der Waals surface area (Å²) >= 11 is 1.73. The summed E-state index contributed by atoms with van der Waals surface area (Å²) < 4.78 is 0. The third kappa shape index (κ3) is 7.53. The van der Waals surface area contributed by atoms with Crippen molar-refractivity contribution in [2.45, 2.75) is 25.3 Å². The predicted octanol–water partition coefficient (Wildman–Crippen LogP) is 1.18. The van der Waals surface area contributed by atoms with Crippen molar-refractivity contribution in [1.82, 2.24) is 5.32 Å². The molecule has 4 nitrogen and oxygen atoms in total. The van der Waals surface area contributed by atoms with Crippen LogP contribution in [0, 0.1) is 0 Å². The van der Waals surface area contributed by atoms with Crippen molar-refractivity contribution < 1.29 is 9.90 Å². The molecule has 1 aromatic rings. The van der Waals surface area contributed by atoms with Gasteiger partial charge in [-0.25, -0.2) is 0 Å². The number of nitrogens with one attached hydrogen (secondary N) is 1. The first-order valence-electron chi connectivity index (χ1n) is 7.00. The molecule has 0 saturated carbocycles. The maximum Gasteiger partial charge on any atom is 0.236 e. The van der Waals surface area contributed by atoms with Gasteiger partial charge in [0.1, 0.15) is 0 Å². The largest absolute Gasteiger partial charge is 0.396 e. The van der Waals surface area contributed by atoms with Gasteiger partial charge < -0.3 is 16.2 Å². The molecule has 0 unspecified atom stereocenters. The number of thioether (sulfide) groups is 1. The van der Waals surface area contributed by atoms with Crippen LogP contribution in [0.1, 0.15) is 18.4 Å². The highest BCUT2D eigenvalue weighted by Crippen LogP contribution is 2.04. The Bertz CT molecular complexity index is 373. The second kappa shape index (κ2) is 10.7. The summed E-state index contributed by atoms with van der Waals surface area (Å²) in [6, 6.07) is 9.60. The van der Waals surface area contributed by atoms with Crippen LogP contribution in [0.5, 0.6) is 0 Å². The highest BCUT2D eigenvalue weighted by molar-refractivity contribution is 7.99. The Kier molecular flexibility index (Phi) is 9.11. The molecule has 0 fully saturated rings. The van der Waals surface area contributed by atoms with E-state index < -0.39 is 6.04 Å². The maximum absolute atomic E-state index is 11.8. The van der Waals surface area contributed by atoms with Gasteiger partial charge in [-0.05, 0) is 30.6 Å². The summed E-state index contributed by atoms with van der Waals surface area (Å²) in [4.78, 5) is 11.8. The lowest BCUT2D eigenvalue weighted by atomic mass is 10.1. The van der Waals surface area contributed by atoms with Crippen molar-refractivity contribution in [3.63, 3.8) is 0 Å². The Hall–Kier alpha value is -1.04. The standard InChI is InChI=1S/C15H24N2O2S/c16-14(8-7-13-5-2-1-3-6-13)15(19)17-9-12-20-11-4-10-18/h1-3,5-6,14,18H,4,7-12,16H2,(H,17,19)/t14-/m0/s1. The van der Waals surface area contributed by atoms with Gasteiger partial charge in [-0.1, -0.05) is 30.3 Å². The van der Waals surface area contributed by atoms with Crippen LogP contribution >= 0.6 is 11.8 Å². The zero-order valence-electron chi connectivity index (χ0n) is 11.8. The molecule has 112 valence electrons. The van der Waals surface area contributed by atoms with Crippen LogP contribution < -0.4 is 11.1 Å². The molecule has 0 bridgehead atoms. The highest BCUT2D eigenvalue weighted by atomic mass is 32.2. The van der Waals surface area contributed by atoms with Gasteiger partial charge >= 0.3 is 0 Å². The highest BCUT2D eigenvalue weighted by Gasteiger charge is 2.12. The molecule has 1 amide bonds. The lowest BCUT2D eigenvalue weighted by Gasteiger charge is -2.12. The summed E-state index contributed by atoms with van der Waals surface area (Å²) in [5, 5.41) is 11.5. The molecular weight excluding hydrogens is 272 g/mol. The van der Waals surface area contributed by atoms with Crippen molar-refractivity contribution in [1.29, 1.82) is 0 Å². The number of rotatable bonds is 10. The number of amides is 1. The number of hydrogen-bond donors (Lipinski definition) is 3. The number of aryl methyl sites for hydroxylation is 1. The first-order chi connectivity index (χ1) is 9.74. The molecule has 0 aliphatic rings. The summed E-state index contributed by atoms with van der Waals surface area (Å²) in [6.45, 7) is 0.859. The van der Waals surface area contributed by atoms with Gasteiger partial charge in [-0.15, -0.1) is 0 Å². The SMILES string of the molecule is N[C@@H](CCc1ccccc1)C(=O)NCCSCCCO. The number of carbonyl (C=O) groups excluding carboxylic acids is 1. The summed E-state index contributed by atoms with van der Waals surface area (Å²) in [5.41, 5.74) is 7.08. The molecule has 0 aliphatic carbocycles. The Morgan fingerprint density at radius 1 is 1.30 bits per heavy atom. The molecule has 4 N–H and O–H groups in total. The number of aliphatic hydroxyl groups excluding tert-OH is 1. The minimum absolute atomic E-state index is 0.0799. The Morgan fingerprint density at radius 3 is 2.75 bits per heavy atom. The number of benzene rings is 1. The number of carbonyl (C=O) groups is 1. The van der Waals surface area contributed by atoms with Crippen LogP contribution in [-0.4, -0.2) is 41.7 Å². The monoisotopic (exact) mass is 296 g/mol. The van der Waals surface area contributed by atoms with E-state index in [9.17, 15) is 4.79 Å². The molecule has 1 atom stereocenters. The van der Waals surface area contributed by atoms with Gasteiger partial charge in [0.05, 0.1) is 6.04 Å². The third-order valence-corrected chi connectivity index (χ3v) is 3.99. The molecule has 5 heteroatoms. The van der Waals surface area contributed by atoms with Gasteiger partial charge in [0, 0.05) is 18.9 Å². The lowest BCUT2D eigenvalue weighted by Crippen LogP contribution is -2.41. The normalized spacial score (nSPS) is 12.1. The molecule has 0 aromatic heterocycles. The van der Waals surface area contributed by atoms with E-state index in [1.807, 2.05) is 30.3 Å². The predicted molar refractivity (Wildman–Crippen MR) is 84.8 cm³/mol. The summed E-state index contributed by atoms with van der Waals surface area (Å²) in [6.07, 6.45) is 2.28. The van der Waals surface area contributed by atoms with Crippen LogP contribution in [0.15, 0.2) is 30.3 Å². The topological polar surface area (TPSA) is 75.4 Å². The zero-order chi connectivity index (χ0) is 14.6. The number of hydrogen-bond acceptors (Lipinski definition) is 4. The van der Waals surface area contributed by atoms with E-state index in [-0.39, 0.29) is 12.5 Å². The second-order valence-corrected chi connectivity index (χ2v) is 5.84. The molecule has 0 radical (unpaired) electrons. The lowest BCUT2D eigenvalue weighted by molar-refractivity contribution is -0.122. The van der Waals surface area contributed by atoms with Gasteiger partial charge in [-0.3, -0.25) is 4.79 Å². The quantitative estimate of drug-likeness (QED) is 0.567. The van der Waals surface area contributed by atoms with E-state index in [0.717, 1.165) is 24.3 Å². The molecule has 1 rings (SSSR count). The Labute approximate surface area is 125 Å². The van der Waals surface area contributed by atoms with E-state index >= 15 is 0 Å². The average molecular weight is 296 g/mol. The first kappa shape index (κ1) is 17.0. The smallest absolute Gasteiger partial charge is 0.236 e. The fourth-order valence-corrected chi connectivity index (χ4v) is 2.53. The fraction of sp³-hybridized carbons (Fsp3) is 0.533. The van der Waals surface area contributed by atoms with Crippen molar-refractivity contribution in [2.24, 2.45) is 5.73 Å². The van der Waals surface area contributed by atoms with Crippen molar-refractivity contribution in [3.8, 4) is 0 Å². The molecular formula is C15H24N2O2S. The van der Waals surface area contributed by atoms with Crippen molar-refractivity contribution in [2.75, 3.05) is 24.7 Å². The number of aliphatic hydroxyl groups is 1. The molecule has 0 saturated heterocycles. The van der Waals surface area contributed by atoms with Crippen LogP contribution in [-0.2, 0) is 11.2 Å². The van der Waals surface area contributed by atoms with Crippen LogP contribution in [0.25, 0.3) is 0 Å². The minimum Gasteiger partial charge on any atom is -0.396 e. The van der Waals surface area contributed by atoms with Crippen molar-refractivity contribution >= 4 is 17.7 Å². The fourth-order valence-electron chi connectivity index (χ4n) is 1.74. The summed E-state index contributed by atoms with van der Waals surface area (Å²) in [5.74, 6) is 1.70. The van der Waals surface area contributed by atoms with E-state index in [1.54, 1.807) is 11.8 Å². The Balaban J connectivity index is 2.10. The van der Waals surface area contributed by atoms with Crippen LogP contribution in [0.3, 0.4) is 0 Å². The molecule has 20 heavy (non-hydrogen) atoms. The van der Waals surface area contributed by atoms with E-state index in [0.29, 0.717) is 13.0 Å². The van der Waals surface area contributed by atoms with Gasteiger partial charge in [0.2, 0.25) is 5.91 Å². The molecule has 0 aliphatic heterocycles. The second-order valence-electron chi connectivity index (χ2n) is 4.61.